The Kier molecular flexibility index (Phi) is 8.48. The zero-order valence-corrected chi connectivity index (χ0v) is 26.6. The van der Waals surface area contributed by atoms with Crippen LogP contribution >= 0.6 is 0 Å². The van der Waals surface area contributed by atoms with E-state index >= 15 is 4.39 Å². The lowest BCUT2D eigenvalue weighted by atomic mass is 9.79. The second-order valence-electron chi connectivity index (χ2n) is 13.6. The first-order valence-corrected chi connectivity index (χ1v) is 16.9. The Morgan fingerprint density at radius 2 is 2.00 bits per heavy atom. The smallest absolute Gasteiger partial charge is 0.246 e. The van der Waals surface area contributed by atoms with E-state index in [2.05, 4.69) is 29.7 Å². The number of benzene rings is 1. The van der Waals surface area contributed by atoms with Crippen LogP contribution in [0.25, 0.3) is 5.57 Å². The second-order valence-corrected chi connectivity index (χ2v) is 13.6. The number of carbonyl (C=O) groups is 1. The van der Waals surface area contributed by atoms with E-state index in [4.69, 9.17) is 9.73 Å². The molecule has 0 spiro atoms. The number of nitrogens with zero attached hydrogens (tertiary/aromatic N) is 6. The van der Waals surface area contributed by atoms with Gasteiger partial charge in [-0.25, -0.2) is 13.8 Å². The third kappa shape index (κ3) is 5.57. The molecule has 8 nitrogen and oxygen atoms in total. The second kappa shape index (κ2) is 12.7. The Labute approximate surface area is 275 Å². The molecule has 2 aliphatic carbocycles. The highest BCUT2D eigenvalue weighted by Crippen LogP contribution is 2.44. The van der Waals surface area contributed by atoms with Crippen molar-refractivity contribution in [2.24, 2.45) is 10.9 Å². The third-order valence-electron chi connectivity index (χ3n) is 11.0. The van der Waals surface area contributed by atoms with E-state index in [0.29, 0.717) is 43.9 Å². The third-order valence-corrected chi connectivity index (χ3v) is 11.0. The minimum Gasteiger partial charge on any atom is -0.475 e. The standard InChI is InChI=1S/C37H40F2N6O2/c1-2-34(46)45-16-15-43(22-26(45)11-13-40)35-30-17-32(39)29(28-10-5-8-24-7-3-4-9-27(24)28)18-33(30)42-36(31(35)20-41)47-23-37-12-6-14-44(37)21-25(38)19-37/h2,5,8,10,17-18,25-26,30,33H,1,3-4,6-7,9,11-12,14-16,19,21-23H2/t25-,26+,30?,33?,37+/m1/s1. The van der Waals surface area contributed by atoms with Crippen LogP contribution in [0.2, 0.25) is 0 Å². The number of allylic oxidation sites excluding steroid dienone is 2. The lowest BCUT2D eigenvalue weighted by Crippen LogP contribution is -2.56. The highest BCUT2D eigenvalue weighted by atomic mass is 19.1. The Balaban J connectivity index is 1.28. The fourth-order valence-electron chi connectivity index (χ4n) is 8.78. The highest BCUT2D eigenvalue weighted by molar-refractivity contribution is 6.00. The van der Waals surface area contributed by atoms with Crippen LogP contribution in [0.1, 0.15) is 55.2 Å². The van der Waals surface area contributed by atoms with Gasteiger partial charge in [0.2, 0.25) is 11.8 Å². The fourth-order valence-corrected chi connectivity index (χ4v) is 8.78. The molecule has 4 heterocycles. The van der Waals surface area contributed by atoms with Gasteiger partial charge in [-0.15, -0.1) is 0 Å². The first-order valence-electron chi connectivity index (χ1n) is 16.9. The number of hydrogen-bond acceptors (Lipinski definition) is 7. The number of halogens is 2. The van der Waals surface area contributed by atoms with Crippen molar-refractivity contribution in [2.75, 3.05) is 39.3 Å². The van der Waals surface area contributed by atoms with E-state index in [9.17, 15) is 19.7 Å². The summed E-state index contributed by atoms with van der Waals surface area (Å²) in [6.07, 6.45) is 10.1. The van der Waals surface area contributed by atoms with Crippen LogP contribution in [0.3, 0.4) is 0 Å². The number of ether oxygens (including phenoxy) is 1. The number of piperazine rings is 1. The molecular weight excluding hydrogens is 598 g/mol. The SMILES string of the molecule is C=CC(=O)N1CCN(C2=C(C#N)C(OC[C@@]34CCCN3C[C@H](F)C4)=NC3C=C(c4cccc5c4CCCC5)C(F)=CC23)C[C@@H]1CC#N. The van der Waals surface area contributed by atoms with Crippen LogP contribution in [0.15, 0.2) is 65.1 Å². The van der Waals surface area contributed by atoms with Crippen LogP contribution in [-0.4, -0.2) is 89.6 Å². The number of nitriles is 2. The number of hydrogen-bond donors (Lipinski definition) is 0. The Hall–Kier alpha value is -4.28. The van der Waals surface area contributed by atoms with Crippen LogP contribution < -0.4 is 0 Å². The van der Waals surface area contributed by atoms with E-state index in [1.807, 2.05) is 23.1 Å². The molecule has 6 aliphatic rings. The lowest BCUT2D eigenvalue weighted by molar-refractivity contribution is -0.130. The number of dihydropyridines is 1. The van der Waals surface area contributed by atoms with Crippen molar-refractivity contribution in [3.8, 4) is 12.1 Å². The number of rotatable bonds is 6. The maximum absolute atomic E-state index is 16.3. The van der Waals surface area contributed by atoms with Gasteiger partial charge >= 0.3 is 0 Å². The normalized spacial score (nSPS) is 30.3. The Bertz CT molecular complexity index is 1680. The summed E-state index contributed by atoms with van der Waals surface area (Å²) in [6.45, 7) is 6.05. The number of amides is 1. The van der Waals surface area contributed by atoms with E-state index in [1.165, 1.54) is 17.2 Å². The maximum atomic E-state index is 16.3. The summed E-state index contributed by atoms with van der Waals surface area (Å²) in [5.74, 6) is -0.992. The summed E-state index contributed by atoms with van der Waals surface area (Å²) in [6, 6.07) is 9.64. The highest BCUT2D eigenvalue weighted by Gasteiger charge is 2.50. The molecule has 3 saturated heterocycles. The molecule has 1 aromatic rings. The van der Waals surface area contributed by atoms with E-state index in [1.54, 1.807) is 11.0 Å². The van der Waals surface area contributed by atoms with Gasteiger partial charge in [-0.1, -0.05) is 24.8 Å². The van der Waals surface area contributed by atoms with Crippen molar-refractivity contribution in [3.05, 3.63) is 76.8 Å². The summed E-state index contributed by atoms with van der Waals surface area (Å²) in [4.78, 5) is 23.4. The van der Waals surface area contributed by atoms with Crippen LogP contribution in [0.5, 0.6) is 0 Å². The maximum Gasteiger partial charge on any atom is 0.246 e. The first-order chi connectivity index (χ1) is 22.9. The molecule has 2 unspecified atom stereocenters. The zero-order valence-electron chi connectivity index (χ0n) is 26.6. The molecule has 0 N–H and O–H groups in total. The van der Waals surface area contributed by atoms with Crippen molar-refractivity contribution in [2.45, 2.75) is 75.2 Å². The van der Waals surface area contributed by atoms with Gasteiger partial charge < -0.3 is 14.5 Å². The number of aryl methyl sites for hydroxylation is 1. The molecule has 0 bridgehead atoms. The van der Waals surface area contributed by atoms with Crippen molar-refractivity contribution in [1.29, 1.82) is 10.5 Å². The van der Waals surface area contributed by atoms with Crippen molar-refractivity contribution < 1.29 is 18.3 Å². The largest absolute Gasteiger partial charge is 0.475 e. The first kappa shape index (κ1) is 31.3. The summed E-state index contributed by atoms with van der Waals surface area (Å²) < 4.78 is 37.4. The van der Waals surface area contributed by atoms with Crippen LogP contribution in [0, 0.1) is 28.6 Å². The molecule has 0 saturated carbocycles. The molecular formula is C37H40F2N6O2. The van der Waals surface area contributed by atoms with Crippen LogP contribution in [-0.2, 0) is 22.4 Å². The summed E-state index contributed by atoms with van der Waals surface area (Å²) in [5, 5.41) is 20.2. The van der Waals surface area contributed by atoms with E-state index in [-0.39, 0.29) is 36.2 Å². The number of fused-ring (bicyclic) bond motifs is 3. The zero-order chi connectivity index (χ0) is 32.7. The Morgan fingerprint density at radius 3 is 2.81 bits per heavy atom. The van der Waals surface area contributed by atoms with Gasteiger partial charge in [0.1, 0.15) is 30.2 Å². The fraction of sp³-hybridized carbons (Fsp3) is 0.514. The molecule has 0 aromatic heterocycles. The predicted molar refractivity (Wildman–Crippen MR) is 174 cm³/mol. The van der Waals surface area contributed by atoms with Gasteiger partial charge in [-0.2, -0.15) is 10.5 Å². The molecule has 3 fully saturated rings. The molecule has 10 heteroatoms. The Morgan fingerprint density at radius 1 is 1.15 bits per heavy atom. The molecule has 0 radical (unpaired) electrons. The van der Waals surface area contributed by atoms with E-state index < -0.39 is 29.7 Å². The van der Waals surface area contributed by atoms with Gasteiger partial charge in [-0.3, -0.25) is 9.69 Å². The minimum absolute atomic E-state index is 0.104. The molecule has 1 amide bonds. The van der Waals surface area contributed by atoms with Gasteiger partial charge in [0, 0.05) is 49.8 Å². The average molecular weight is 639 g/mol. The number of alkyl halides is 1. The monoisotopic (exact) mass is 638 g/mol. The topological polar surface area (TPSA) is 96.0 Å². The summed E-state index contributed by atoms with van der Waals surface area (Å²) in [5.41, 5.74) is 4.21. The van der Waals surface area contributed by atoms with Crippen LogP contribution in [0.4, 0.5) is 8.78 Å². The molecule has 5 atom stereocenters. The van der Waals surface area contributed by atoms with Gasteiger partial charge in [0.25, 0.3) is 0 Å². The molecule has 1 aromatic carbocycles. The van der Waals surface area contributed by atoms with Crippen molar-refractivity contribution in [3.63, 3.8) is 0 Å². The molecule has 7 rings (SSSR count). The molecule has 4 aliphatic heterocycles. The number of aliphatic imine (C=N–C) groups is 1. The minimum atomic E-state index is -0.918. The van der Waals surface area contributed by atoms with E-state index in [0.717, 1.165) is 50.6 Å². The molecule has 47 heavy (non-hydrogen) atoms. The summed E-state index contributed by atoms with van der Waals surface area (Å²) in [7, 11) is 0. The van der Waals surface area contributed by atoms with Gasteiger partial charge in [-0.05, 0) is 80.0 Å². The van der Waals surface area contributed by atoms with Crippen molar-refractivity contribution in [1.82, 2.24) is 14.7 Å². The van der Waals surface area contributed by atoms with Gasteiger partial charge in [0.15, 0.2) is 0 Å². The van der Waals surface area contributed by atoms with Gasteiger partial charge in [0.05, 0.1) is 30.1 Å². The average Bonchev–Trinajstić information content (AvgIpc) is 3.61. The summed E-state index contributed by atoms with van der Waals surface area (Å²) >= 11 is 0. The lowest BCUT2D eigenvalue weighted by Gasteiger charge is -2.45. The molecule has 244 valence electrons. The van der Waals surface area contributed by atoms with Crippen molar-refractivity contribution >= 4 is 17.4 Å². The predicted octanol–water partition coefficient (Wildman–Crippen LogP) is 5.20. The quantitative estimate of drug-likeness (QED) is 0.398. The number of carbonyl (C=O) groups excluding carboxylic acids is 1.